The Morgan fingerprint density at radius 1 is 1.42 bits per heavy atom. The molecule has 1 unspecified atom stereocenters. The molecule has 0 bridgehead atoms. The molecule has 1 atom stereocenters. The molecule has 0 aromatic heterocycles. The van der Waals surface area contributed by atoms with Crippen LogP contribution < -0.4 is 0 Å². The van der Waals surface area contributed by atoms with E-state index >= 15 is 0 Å². The van der Waals surface area contributed by atoms with Crippen molar-refractivity contribution in [2.45, 2.75) is 13.0 Å². The first-order valence-corrected chi connectivity index (χ1v) is 5.79. The summed E-state index contributed by atoms with van der Waals surface area (Å²) in [6, 6.07) is 9.24. The quantitative estimate of drug-likeness (QED) is 0.468. The van der Waals surface area contributed by atoms with Gasteiger partial charge in [0.05, 0.1) is 0 Å². The van der Waals surface area contributed by atoms with Gasteiger partial charge in [-0.05, 0) is 18.4 Å². The van der Waals surface area contributed by atoms with Crippen LogP contribution in [0.3, 0.4) is 0 Å². The molecule has 1 aromatic carbocycles. The predicted octanol–water partition coefficient (Wildman–Crippen LogP) is 3.65. The van der Waals surface area contributed by atoms with Gasteiger partial charge in [-0.3, -0.25) is 0 Å². The Morgan fingerprint density at radius 2 is 2.11 bits per heavy atom. The Morgan fingerprint density at radius 3 is 2.68 bits per heavy atom. The van der Waals surface area contributed by atoms with Gasteiger partial charge in [-0.1, -0.05) is 55.5 Å². The molecule has 0 heterocycles. The van der Waals surface area contributed by atoms with Crippen molar-refractivity contribution in [3.8, 4) is 11.8 Å². The largest absolute Gasteiger partial charge is 0.510 e. The first-order chi connectivity index (χ1) is 9.13. The van der Waals surface area contributed by atoms with Crippen LogP contribution in [-0.2, 0) is 9.47 Å². The SMILES string of the molecule is C=CCOC(=O)OC(C#CC(=C)C)c1ccccc1. The average molecular weight is 256 g/mol. The normalized spacial score (nSPS) is 10.6. The van der Waals surface area contributed by atoms with Crippen molar-refractivity contribution in [3.05, 3.63) is 60.7 Å². The highest BCUT2D eigenvalue weighted by Crippen LogP contribution is 2.17. The van der Waals surface area contributed by atoms with Crippen LogP contribution in [-0.4, -0.2) is 12.8 Å². The number of carbonyl (C=O) groups is 1. The van der Waals surface area contributed by atoms with Gasteiger partial charge in [0.15, 0.2) is 6.10 Å². The monoisotopic (exact) mass is 256 g/mol. The fraction of sp³-hybridized carbons (Fsp3) is 0.188. The molecule has 19 heavy (non-hydrogen) atoms. The Balaban J connectivity index is 2.82. The molecule has 0 N–H and O–H groups in total. The third-order valence-corrected chi connectivity index (χ3v) is 2.05. The van der Waals surface area contributed by atoms with Crippen LogP contribution in [0.1, 0.15) is 18.6 Å². The fourth-order valence-electron chi connectivity index (χ4n) is 1.25. The second-order valence-electron chi connectivity index (χ2n) is 3.81. The molecule has 0 saturated heterocycles. The summed E-state index contributed by atoms with van der Waals surface area (Å²) >= 11 is 0. The molecule has 0 amide bonds. The molecule has 1 aromatic rings. The number of rotatable bonds is 4. The Bertz CT molecular complexity index is 506. The third kappa shape index (κ3) is 5.60. The summed E-state index contributed by atoms with van der Waals surface area (Å²) in [7, 11) is 0. The maximum atomic E-state index is 11.4. The molecule has 3 nitrogen and oxygen atoms in total. The van der Waals surface area contributed by atoms with E-state index in [0.717, 1.165) is 5.56 Å². The number of allylic oxidation sites excluding steroid dienone is 1. The average Bonchev–Trinajstić information content (AvgIpc) is 2.42. The van der Waals surface area contributed by atoms with E-state index < -0.39 is 12.3 Å². The summed E-state index contributed by atoms with van der Waals surface area (Å²) in [6.07, 6.45) is 0.0261. The van der Waals surface area contributed by atoms with Gasteiger partial charge >= 0.3 is 6.16 Å². The maximum Gasteiger partial charge on any atom is 0.510 e. The van der Waals surface area contributed by atoms with Gasteiger partial charge in [-0.25, -0.2) is 4.79 Å². The van der Waals surface area contributed by atoms with Crippen molar-refractivity contribution in [2.24, 2.45) is 0 Å². The second-order valence-corrected chi connectivity index (χ2v) is 3.81. The van der Waals surface area contributed by atoms with Crippen molar-refractivity contribution < 1.29 is 14.3 Å². The lowest BCUT2D eigenvalue weighted by molar-refractivity contribution is 0.0464. The molecule has 0 aliphatic carbocycles. The van der Waals surface area contributed by atoms with Gasteiger partial charge in [0.2, 0.25) is 0 Å². The molecular formula is C16H16O3. The minimum absolute atomic E-state index is 0.105. The lowest BCUT2D eigenvalue weighted by atomic mass is 10.1. The number of ether oxygens (including phenoxy) is 2. The molecule has 1 rings (SSSR count). The van der Waals surface area contributed by atoms with E-state index in [1.54, 1.807) is 6.92 Å². The van der Waals surface area contributed by atoms with Crippen LogP contribution in [0.5, 0.6) is 0 Å². The zero-order chi connectivity index (χ0) is 14.1. The highest BCUT2D eigenvalue weighted by Gasteiger charge is 2.14. The minimum atomic E-state index is -0.773. The van der Waals surface area contributed by atoms with Crippen LogP contribution in [0.4, 0.5) is 4.79 Å². The van der Waals surface area contributed by atoms with E-state index in [-0.39, 0.29) is 6.61 Å². The van der Waals surface area contributed by atoms with E-state index in [4.69, 9.17) is 9.47 Å². The minimum Gasteiger partial charge on any atom is -0.430 e. The van der Waals surface area contributed by atoms with E-state index in [2.05, 4.69) is 25.0 Å². The molecular weight excluding hydrogens is 240 g/mol. The number of carbonyl (C=O) groups excluding carboxylic acids is 1. The third-order valence-electron chi connectivity index (χ3n) is 2.05. The summed E-state index contributed by atoms with van der Waals surface area (Å²) < 4.78 is 9.95. The Hall–Kier alpha value is -2.47. The van der Waals surface area contributed by atoms with Crippen molar-refractivity contribution in [2.75, 3.05) is 6.61 Å². The zero-order valence-electron chi connectivity index (χ0n) is 10.9. The molecule has 0 radical (unpaired) electrons. The summed E-state index contributed by atoms with van der Waals surface area (Å²) in [6.45, 7) is 9.04. The lowest BCUT2D eigenvalue weighted by Crippen LogP contribution is -2.12. The molecule has 3 heteroatoms. The topological polar surface area (TPSA) is 35.5 Å². The van der Waals surface area contributed by atoms with Crippen molar-refractivity contribution in [3.63, 3.8) is 0 Å². The highest BCUT2D eigenvalue weighted by molar-refractivity contribution is 5.61. The highest BCUT2D eigenvalue weighted by atomic mass is 16.7. The molecule has 0 aliphatic rings. The van der Waals surface area contributed by atoms with Crippen LogP contribution >= 0.6 is 0 Å². The van der Waals surface area contributed by atoms with Crippen molar-refractivity contribution in [1.82, 2.24) is 0 Å². The molecule has 0 aliphatic heterocycles. The summed E-state index contributed by atoms with van der Waals surface area (Å²) in [4.78, 5) is 11.4. The number of benzene rings is 1. The molecule has 0 saturated carbocycles. The predicted molar refractivity (Wildman–Crippen MR) is 74.4 cm³/mol. The summed E-state index contributed by atoms with van der Waals surface area (Å²) in [5.74, 6) is 5.65. The standard InChI is InChI=1S/C16H16O3/c1-4-12-18-16(17)19-15(11-10-13(2)3)14-8-6-5-7-9-14/h4-9,15H,1-2,12H2,3H3. The van der Waals surface area contributed by atoms with E-state index in [1.807, 2.05) is 30.3 Å². The van der Waals surface area contributed by atoms with E-state index in [0.29, 0.717) is 5.57 Å². The van der Waals surface area contributed by atoms with Gasteiger partial charge in [-0.2, -0.15) is 0 Å². The first kappa shape index (κ1) is 14.6. The molecule has 0 spiro atoms. The second kappa shape index (κ2) is 7.78. The van der Waals surface area contributed by atoms with Gasteiger partial charge in [0.25, 0.3) is 0 Å². The smallest absolute Gasteiger partial charge is 0.430 e. The maximum absolute atomic E-state index is 11.4. The summed E-state index contributed by atoms with van der Waals surface area (Å²) in [5, 5.41) is 0. The van der Waals surface area contributed by atoms with Crippen molar-refractivity contribution in [1.29, 1.82) is 0 Å². The molecule has 98 valence electrons. The van der Waals surface area contributed by atoms with Crippen LogP contribution in [0.2, 0.25) is 0 Å². The zero-order valence-corrected chi connectivity index (χ0v) is 10.9. The first-order valence-electron chi connectivity index (χ1n) is 5.79. The van der Waals surface area contributed by atoms with Gasteiger partial charge in [0.1, 0.15) is 6.61 Å². The van der Waals surface area contributed by atoms with Crippen LogP contribution in [0.15, 0.2) is 55.1 Å². The van der Waals surface area contributed by atoms with Gasteiger partial charge in [0, 0.05) is 5.56 Å². The summed E-state index contributed by atoms with van der Waals surface area (Å²) in [5.41, 5.74) is 1.48. The van der Waals surface area contributed by atoms with E-state index in [9.17, 15) is 4.79 Å². The molecule has 0 fully saturated rings. The number of hydrogen-bond donors (Lipinski definition) is 0. The Kier molecular flexibility index (Phi) is 5.97. The van der Waals surface area contributed by atoms with Gasteiger partial charge in [-0.15, -0.1) is 0 Å². The van der Waals surface area contributed by atoms with E-state index in [1.165, 1.54) is 6.08 Å². The fourth-order valence-corrected chi connectivity index (χ4v) is 1.25. The van der Waals surface area contributed by atoms with Crippen LogP contribution in [0.25, 0.3) is 0 Å². The van der Waals surface area contributed by atoms with Crippen molar-refractivity contribution >= 4 is 6.16 Å². The van der Waals surface area contributed by atoms with Crippen LogP contribution in [0, 0.1) is 11.8 Å². The number of hydrogen-bond acceptors (Lipinski definition) is 3. The lowest BCUT2D eigenvalue weighted by Gasteiger charge is -2.12. The Labute approximate surface area is 113 Å². The van der Waals surface area contributed by atoms with Gasteiger partial charge < -0.3 is 9.47 Å².